The summed E-state index contributed by atoms with van der Waals surface area (Å²) < 4.78 is 6.62. The van der Waals surface area contributed by atoms with Crippen molar-refractivity contribution in [3.63, 3.8) is 0 Å². The lowest BCUT2D eigenvalue weighted by molar-refractivity contribution is 0.415. The lowest BCUT2D eigenvalue weighted by Crippen LogP contribution is -2.15. The summed E-state index contributed by atoms with van der Waals surface area (Å²) in [6.45, 7) is 1.63. The topological polar surface area (TPSA) is 85.2 Å². The molecule has 0 atom stereocenters. The molecule has 0 aliphatic carbocycles. The minimum atomic E-state index is -0.263. The number of aromatic amines is 1. The van der Waals surface area contributed by atoms with E-state index in [0.29, 0.717) is 17.3 Å². The number of fused-ring (bicyclic) bond motifs is 1. The summed E-state index contributed by atoms with van der Waals surface area (Å²) in [5.74, 6) is 1.65. The highest BCUT2D eigenvalue weighted by Crippen LogP contribution is 2.20. The summed E-state index contributed by atoms with van der Waals surface area (Å²) in [6.07, 6.45) is 0. The number of benzene rings is 1. The summed E-state index contributed by atoms with van der Waals surface area (Å²) in [7, 11) is 1.61. The molecule has 0 aliphatic heterocycles. The summed E-state index contributed by atoms with van der Waals surface area (Å²) >= 11 is 0. The summed E-state index contributed by atoms with van der Waals surface area (Å²) in [6, 6.07) is 7.37. The lowest BCUT2D eigenvalue weighted by Gasteiger charge is -2.02. The third-order valence-electron chi connectivity index (χ3n) is 2.79. The highest BCUT2D eigenvalue weighted by Gasteiger charge is 2.11. The zero-order chi connectivity index (χ0) is 13.4. The van der Waals surface area contributed by atoms with Crippen molar-refractivity contribution in [2.24, 2.45) is 0 Å². The van der Waals surface area contributed by atoms with E-state index in [1.54, 1.807) is 14.0 Å². The third-order valence-corrected chi connectivity index (χ3v) is 2.79. The molecular weight excluding hydrogens is 246 g/mol. The van der Waals surface area contributed by atoms with E-state index in [9.17, 15) is 4.79 Å². The van der Waals surface area contributed by atoms with Crippen LogP contribution in [-0.4, -0.2) is 31.9 Å². The van der Waals surface area contributed by atoms with Crippen molar-refractivity contribution < 1.29 is 4.74 Å². The van der Waals surface area contributed by atoms with Crippen molar-refractivity contribution in [2.45, 2.75) is 6.92 Å². The molecule has 0 unspecified atom stereocenters. The van der Waals surface area contributed by atoms with Crippen LogP contribution in [0.15, 0.2) is 29.1 Å². The zero-order valence-corrected chi connectivity index (χ0v) is 10.4. The molecule has 0 bridgehead atoms. The molecule has 0 aliphatic rings. The molecule has 2 aromatic heterocycles. The predicted molar refractivity (Wildman–Crippen MR) is 68.1 cm³/mol. The highest BCUT2D eigenvalue weighted by molar-refractivity contribution is 5.58. The van der Waals surface area contributed by atoms with Crippen molar-refractivity contribution in [3.8, 4) is 17.1 Å². The van der Waals surface area contributed by atoms with Crippen LogP contribution in [0, 0.1) is 6.92 Å². The van der Waals surface area contributed by atoms with Crippen LogP contribution in [0.3, 0.4) is 0 Å². The van der Waals surface area contributed by atoms with Gasteiger partial charge in [-0.25, -0.2) is 0 Å². The second-order valence-corrected chi connectivity index (χ2v) is 4.03. The summed E-state index contributed by atoms with van der Waals surface area (Å²) in [4.78, 5) is 14.1. The molecule has 7 heteroatoms. The molecule has 0 saturated carbocycles. The molecular formula is C12H11N5O2. The van der Waals surface area contributed by atoms with E-state index in [4.69, 9.17) is 4.74 Å². The first-order chi connectivity index (χ1) is 9.19. The standard InChI is InChI=1S/C12H11N5O2/c1-7-11(18)13-12-15-14-10(17(12)16-7)8-3-5-9(19-2)6-4-8/h3-6H,1-2H3,(H,13,15,18). The minimum absolute atomic E-state index is 0.263. The van der Waals surface area contributed by atoms with Gasteiger partial charge < -0.3 is 4.74 Å². The van der Waals surface area contributed by atoms with Crippen molar-refractivity contribution in [1.82, 2.24) is 24.8 Å². The van der Waals surface area contributed by atoms with E-state index in [2.05, 4.69) is 20.3 Å². The number of methoxy groups -OCH3 is 1. The number of nitrogens with one attached hydrogen (secondary N) is 1. The van der Waals surface area contributed by atoms with E-state index in [1.165, 1.54) is 4.52 Å². The van der Waals surface area contributed by atoms with Gasteiger partial charge in [0.2, 0.25) is 0 Å². The van der Waals surface area contributed by atoms with Crippen LogP contribution in [0.5, 0.6) is 5.75 Å². The van der Waals surface area contributed by atoms with Crippen molar-refractivity contribution in [3.05, 3.63) is 40.3 Å². The van der Waals surface area contributed by atoms with Gasteiger partial charge >= 0.3 is 0 Å². The van der Waals surface area contributed by atoms with Crippen molar-refractivity contribution in [2.75, 3.05) is 7.11 Å². The molecule has 0 spiro atoms. The van der Waals surface area contributed by atoms with E-state index in [1.807, 2.05) is 24.3 Å². The van der Waals surface area contributed by atoms with Crippen LogP contribution >= 0.6 is 0 Å². The molecule has 19 heavy (non-hydrogen) atoms. The SMILES string of the molecule is COc1ccc(-c2nnc3[nH]c(=O)c(C)nn23)cc1. The van der Waals surface area contributed by atoms with Gasteiger partial charge in [-0.15, -0.1) is 10.2 Å². The van der Waals surface area contributed by atoms with Gasteiger partial charge in [0.25, 0.3) is 11.3 Å². The van der Waals surface area contributed by atoms with E-state index < -0.39 is 0 Å². The Morgan fingerprint density at radius 3 is 2.63 bits per heavy atom. The first kappa shape index (κ1) is 11.4. The normalized spacial score (nSPS) is 10.8. The number of ether oxygens (including phenoxy) is 1. The van der Waals surface area contributed by atoms with E-state index >= 15 is 0 Å². The number of H-pyrrole nitrogens is 1. The molecule has 7 nitrogen and oxygen atoms in total. The second kappa shape index (κ2) is 4.20. The molecule has 3 rings (SSSR count). The first-order valence-electron chi connectivity index (χ1n) is 5.66. The Hall–Kier alpha value is -2.70. The zero-order valence-electron chi connectivity index (χ0n) is 10.4. The highest BCUT2D eigenvalue weighted by atomic mass is 16.5. The van der Waals surface area contributed by atoms with Crippen molar-refractivity contribution in [1.29, 1.82) is 0 Å². The minimum Gasteiger partial charge on any atom is -0.497 e. The maximum atomic E-state index is 11.4. The van der Waals surface area contributed by atoms with Crippen LogP contribution < -0.4 is 10.3 Å². The predicted octanol–water partition coefficient (Wildman–Crippen LogP) is 0.797. The van der Waals surface area contributed by atoms with Gasteiger partial charge in [-0.1, -0.05) is 0 Å². The van der Waals surface area contributed by atoms with Crippen LogP contribution in [0.25, 0.3) is 17.2 Å². The van der Waals surface area contributed by atoms with Crippen LogP contribution in [0.4, 0.5) is 0 Å². The third kappa shape index (κ3) is 1.85. The molecule has 96 valence electrons. The Labute approximate surface area is 107 Å². The molecule has 0 fully saturated rings. The fourth-order valence-electron chi connectivity index (χ4n) is 1.76. The molecule has 0 saturated heterocycles. The number of aryl methyl sites for hydroxylation is 1. The molecule has 1 aromatic carbocycles. The Balaban J connectivity index is 2.19. The van der Waals surface area contributed by atoms with Gasteiger partial charge in [0, 0.05) is 5.56 Å². The second-order valence-electron chi connectivity index (χ2n) is 4.03. The maximum absolute atomic E-state index is 11.4. The van der Waals surface area contributed by atoms with Crippen LogP contribution in [0.2, 0.25) is 0 Å². The summed E-state index contributed by atoms with van der Waals surface area (Å²) in [5.41, 5.74) is 0.940. The first-order valence-corrected chi connectivity index (χ1v) is 5.66. The summed E-state index contributed by atoms with van der Waals surface area (Å²) in [5, 5.41) is 12.1. The van der Waals surface area contributed by atoms with E-state index in [0.717, 1.165) is 11.3 Å². The molecule has 0 radical (unpaired) electrons. The molecule has 0 amide bonds. The van der Waals surface area contributed by atoms with Crippen molar-refractivity contribution >= 4 is 5.78 Å². The average molecular weight is 257 g/mol. The van der Waals surface area contributed by atoms with Crippen LogP contribution in [-0.2, 0) is 0 Å². The number of hydrogen-bond donors (Lipinski definition) is 1. The quantitative estimate of drug-likeness (QED) is 0.733. The van der Waals surface area contributed by atoms with Gasteiger partial charge in [0.05, 0.1) is 7.11 Å². The molecule has 3 aromatic rings. The lowest BCUT2D eigenvalue weighted by atomic mass is 10.2. The molecule has 1 N–H and O–H groups in total. The smallest absolute Gasteiger partial charge is 0.273 e. The Kier molecular flexibility index (Phi) is 2.52. The van der Waals surface area contributed by atoms with Crippen LogP contribution in [0.1, 0.15) is 5.69 Å². The van der Waals surface area contributed by atoms with E-state index in [-0.39, 0.29) is 5.56 Å². The Bertz CT molecular complexity index is 788. The van der Waals surface area contributed by atoms with Gasteiger partial charge in [-0.2, -0.15) is 9.61 Å². The van der Waals surface area contributed by atoms with Gasteiger partial charge in [0.15, 0.2) is 5.82 Å². The number of aromatic nitrogens is 5. The number of hydrogen-bond acceptors (Lipinski definition) is 5. The number of nitrogens with zero attached hydrogens (tertiary/aromatic N) is 4. The largest absolute Gasteiger partial charge is 0.497 e. The monoisotopic (exact) mass is 257 g/mol. The average Bonchev–Trinajstić information content (AvgIpc) is 2.82. The maximum Gasteiger partial charge on any atom is 0.273 e. The van der Waals surface area contributed by atoms with Gasteiger partial charge in [0.1, 0.15) is 11.4 Å². The number of rotatable bonds is 2. The Morgan fingerprint density at radius 2 is 1.95 bits per heavy atom. The Morgan fingerprint density at radius 1 is 1.21 bits per heavy atom. The molecule has 2 heterocycles. The fourth-order valence-corrected chi connectivity index (χ4v) is 1.76. The fraction of sp³-hybridized carbons (Fsp3) is 0.167. The van der Waals surface area contributed by atoms with Gasteiger partial charge in [-0.3, -0.25) is 9.78 Å². The van der Waals surface area contributed by atoms with Gasteiger partial charge in [-0.05, 0) is 31.2 Å².